The molecule has 1 unspecified atom stereocenters. The molecule has 1 aliphatic heterocycles. The van der Waals surface area contributed by atoms with Crippen LogP contribution < -0.4 is 0 Å². The van der Waals surface area contributed by atoms with Crippen molar-refractivity contribution in [1.82, 2.24) is 14.1 Å². The van der Waals surface area contributed by atoms with Crippen LogP contribution in [-0.4, -0.2) is 52.4 Å². The molecule has 1 N–H and O–H groups in total. The summed E-state index contributed by atoms with van der Waals surface area (Å²) in [6.07, 6.45) is -3.81. The summed E-state index contributed by atoms with van der Waals surface area (Å²) in [5, 5.41) is 14.3. The Labute approximate surface area is 165 Å². The van der Waals surface area contributed by atoms with Crippen molar-refractivity contribution in [3.63, 3.8) is 0 Å². The van der Waals surface area contributed by atoms with E-state index in [1.807, 2.05) is 0 Å². The van der Waals surface area contributed by atoms with Crippen LogP contribution in [0.5, 0.6) is 0 Å². The van der Waals surface area contributed by atoms with E-state index in [9.17, 15) is 26.7 Å². The maximum absolute atomic E-state index is 12.8. The van der Waals surface area contributed by atoms with Crippen LogP contribution in [0.25, 0.3) is 11.3 Å². The molecular formula is C17H19ClF3N3O3S. The summed E-state index contributed by atoms with van der Waals surface area (Å²) >= 11 is 5.67. The first-order valence-electron chi connectivity index (χ1n) is 8.46. The molecule has 0 amide bonds. The maximum Gasteiger partial charge on any atom is 0.416 e. The van der Waals surface area contributed by atoms with E-state index in [0.29, 0.717) is 23.2 Å². The van der Waals surface area contributed by atoms with Gasteiger partial charge in [-0.05, 0) is 12.1 Å². The summed E-state index contributed by atoms with van der Waals surface area (Å²) in [5.74, 6) is -0.000287. The molecule has 0 fully saturated rings. The van der Waals surface area contributed by atoms with E-state index >= 15 is 0 Å². The van der Waals surface area contributed by atoms with Gasteiger partial charge in [0.1, 0.15) is 0 Å². The standard InChI is InChI=1S/C17H19ClF3N3O3S/c1-28(26,27)23-7-6-15-14(10-23)16(22-24(15)9-13(25)8-18)11-2-4-12(5-3-11)17(19,20)21/h2-5,13,25H,6-10H2,1H3. The van der Waals surface area contributed by atoms with Crippen LogP contribution in [0.2, 0.25) is 0 Å². The predicted octanol–water partition coefficient (Wildman–Crippen LogP) is 2.49. The van der Waals surface area contributed by atoms with Gasteiger partial charge in [0.25, 0.3) is 0 Å². The van der Waals surface area contributed by atoms with Gasteiger partial charge in [-0.15, -0.1) is 11.6 Å². The fourth-order valence-corrected chi connectivity index (χ4v) is 4.08. The molecule has 154 valence electrons. The molecule has 0 saturated carbocycles. The molecule has 1 atom stereocenters. The van der Waals surface area contributed by atoms with Gasteiger partial charge in [-0.1, -0.05) is 12.1 Å². The van der Waals surface area contributed by atoms with Gasteiger partial charge in [0.05, 0.1) is 36.0 Å². The molecule has 28 heavy (non-hydrogen) atoms. The first-order chi connectivity index (χ1) is 13.0. The Morgan fingerprint density at radius 3 is 2.46 bits per heavy atom. The maximum atomic E-state index is 12.8. The normalized spacial score (nSPS) is 16.8. The molecule has 0 spiro atoms. The van der Waals surface area contributed by atoms with Gasteiger partial charge in [0.15, 0.2) is 0 Å². The van der Waals surface area contributed by atoms with Crippen molar-refractivity contribution < 1.29 is 26.7 Å². The summed E-state index contributed by atoms with van der Waals surface area (Å²) in [4.78, 5) is 0. The molecule has 0 saturated heterocycles. The number of hydrogen-bond donors (Lipinski definition) is 1. The summed E-state index contributed by atoms with van der Waals surface area (Å²) in [6.45, 7) is 0.452. The third kappa shape index (κ3) is 4.35. The molecule has 0 aliphatic carbocycles. The van der Waals surface area contributed by atoms with E-state index in [0.717, 1.165) is 24.1 Å². The fourth-order valence-electron chi connectivity index (χ4n) is 3.20. The summed E-state index contributed by atoms with van der Waals surface area (Å²) in [5.41, 5.74) is 1.44. The molecule has 0 radical (unpaired) electrons. The second-order valence-corrected chi connectivity index (χ2v) is 8.98. The van der Waals surface area contributed by atoms with E-state index < -0.39 is 27.9 Å². The summed E-state index contributed by atoms with van der Waals surface area (Å²) < 4.78 is 65.2. The number of rotatable bonds is 5. The molecule has 1 aromatic heterocycles. The topological polar surface area (TPSA) is 75.4 Å². The van der Waals surface area contributed by atoms with Crippen molar-refractivity contribution in [3.05, 3.63) is 41.1 Å². The number of aromatic nitrogens is 2. The lowest BCUT2D eigenvalue weighted by atomic mass is 10.0. The SMILES string of the molecule is CS(=O)(=O)N1CCc2c(c(-c3ccc(C(F)(F)F)cc3)nn2CC(O)CCl)C1. The third-order valence-corrected chi connectivity index (χ3v) is 6.22. The third-order valence-electron chi connectivity index (χ3n) is 4.62. The lowest BCUT2D eigenvalue weighted by molar-refractivity contribution is -0.137. The lowest BCUT2D eigenvalue weighted by Crippen LogP contribution is -2.36. The molecule has 1 aliphatic rings. The quantitative estimate of drug-likeness (QED) is 0.729. The molecule has 3 rings (SSSR count). The van der Waals surface area contributed by atoms with E-state index in [1.54, 1.807) is 4.68 Å². The first kappa shape index (κ1) is 21.1. The van der Waals surface area contributed by atoms with Crippen LogP contribution in [0, 0.1) is 0 Å². The summed E-state index contributed by atoms with van der Waals surface area (Å²) in [7, 11) is -3.44. The average Bonchev–Trinajstić information content (AvgIpc) is 2.98. The van der Waals surface area contributed by atoms with Crippen molar-refractivity contribution in [2.45, 2.75) is 31.8 Å². The minimum absolute atomic E-state index is 0.000287. The van der Waals surface area contributed by atoms with Crippen LogP contribution in [0.3, 0.4) is 0 Å². The monoisotopic (exact) mass is 437 g/mol. The van der Waals surface area contributed by atoms with Crippen LogP contribution in [0.4, 0.5) is 13.2 Å². The Kier molecular flexibility index (Phi) is 5.77. The number of nitrogens with zero attached hydrogens (tertiary/aromatic N) is 3. The predicted molar refractivity (Wildman–Crippen MR) is 98.3 cm³/mol. The average molecular weight is 438 g/mol. The van der Waals surface area contributed by atoms with Gasteiger partial charge in [0, 0.05) is 36.3 Å². The van der Waals surface area contributed by atoms with Crippen LogP contribution >= 0.6 is 11.6 Å². The Balaban J connectivity index is 2.05. The molecule has 2 aromatic rings. The van der Waals surface area contributed by atoms with Gasteiger partial charge >= 0.3 is 6.18 Å². The Bertz CT molecular complexity index is 959. The number of fused-ring (bicyclic) bond motifs is 1. The number of alkyl halides is 4. The highest BCUT2D eigenvalue weighted by Crippen LogP contribution is 2.34. The number of sulfonamides is 1. The highest BCUT2D eigenvalue weighted by molar-refractivity contribution is 7.88. The van der Waals surface area contributed by atoms with Crippen molar-refractivity contribution >= 4 is 21.6 Å². The van der Waals surface area contributed by atoms with E-state index in [2.05, 4.69) is 5.10 Å². The van der Waals surface area contributed by atoms with Crippen molar-refractivity contribution in [3.8, 4) is 11.3 Å². The van der Waals surface area contributed by atoms with E-state index in [4.69, 9.17) is 11.6 Å². The van der Waals surface area contributed by atoms with Crippen molar-refractivity contribution in [2.75, 3.05) is 18.7 Å². The molecule has 6 nitrogen and oxygen atoms in total. The first-order valence-corrected chi connectivity index (χ1v) is 10.8. The van der Waals surface area contributed by atoms with Gasteiger partial charge in [-0.3, -0.25) is 4.68 Å². The van der Waals surface area contributed by atoms with Gasteiger partial charge in [0.2, 0.25) is 10.0 Å². The van der Waals surface area contributed by atoms with Crippen LogP contribution in [0.1, 0.15) is 16.8 Å². The van der Waals surface area contributed by atoms with Crippen molar-refractivity contribution in [1.29, 1.82) is 0 Å². The van der Waals surface area contributed by atoms with Gasteiger partial charge in [-0.2, -0.15) is 22.6 Å². The van der Waals surface area contributed by atoms with E-state index in [1.165, 1.54) is 16.4 Å². The number of benzene rings is 1. The van der Waals surface area contributed by atoms with E-state index in [-0.39, 0.29) is 25.5 Å². The molecule has 2 heterocycles. The zero-order valence-corrected chi connectivity index (χ0v) is 16.5. The Hall–Kier alpha value is -1.62. The van der Waals surface area contributed by atoms with Crippen LogP contribution in [0.15, 0.2) is 24.3 Å². The summed E-state index contributed by atoms with van der Waals surface area (Å²) in [6, 6.07) is 4.55. The second kappa shape index (κ2) is 7.66. The second-order valence-electron chi connectivity index (χ2n) is 6.69. The van der Waals surface area contributed by atoms with Crippen molar-refractivity contribution in [2.24, 2.45) is 0 Å². The zero-order valence-electron chi connectivity index (χ0n) is 14.9. The molecular weight excluding hydrogens is 419 g/mol. The minimum Gasteiger partial charge on any atom is -0.390 e. The number of hydrogen-bond acceptors (Lipinski definition) is 4. The number of aliphatic hydroxyl groups is 1. The minimum atomic E-state index is -4.45. The molecule has 0 bridgehead atoms. The molecule has 11 heteroatoms. The zero-order chi connectivity index (χ0) is 20.7. The fraction of sp³-hybridized carbons (Fsp3) is 0.471. The Morgan fingerprint density at radius 1 is 1.29 bits per heavy atom. The van der Waals surface area contributed by atoms with Gasteiger partial charge < -0.3 is 5.11 Å². The highest BCUT2D eigenvalue weighted by atomic mass is 35.5. The number of aliphatic hydroxyl groups excluding tert-OH is 1. The Morgan fingerprint density at radius 2 is 1.93 bits per heavy atom. The smallest absolute Gasteiger partial charge is 0.390 e. The molecule has 1 aromatic carbocycles. The highest BCUT2D eigenvalue weighted by Gasteiger charge is 2.32. The lowest BCUT2D eigenvalue weighted by Gasteiger charge is -2.26. The van der Waals surface area contributed by atoms with Crippen LogP contribution in [-0.2, 0) is 35.7 Å². The number of halogens is 4. The van der Waals surface area contributed by atoms with Gasteiger partial charge in [-0.25, -0.2) is 8.42 Å². The largest absolute Gasteiger partial charge is 0.416 e.